The van der Waals surface area contributed by atoms with Gasteiger partial charge >= 0.3 is 12.1 Å². The number of carbonyl (C=O) groups excluding carboxylic acids is 4. The van der Waals surface area contributed by atoms with Crippen molar-refractivity contribution in [1.82, 2.24) is 29.6 Å². The van der Waals surface area contributed by atoms with E-state index in [0.717, 1.165) is 58.2 Å². The van der Waals surface area contributed by atoms with Gasteiger partial charge in [0.2, 0.25) is 0 Å². The fourth-order valence-electron chi connectivity index (χ4n) is 12.1. The Balaban J connectivity index is 0.756. The smallest absolute Gasteiger partial charge is 0.408 e. The summed E-state index contributed by atoms with van der Waals surface area (Å²) in [7, 11) is 0. The summed E-state index contributed by atoms with van der Waals surface area (Å²) in [5.74, 6) is -1.88. The fraction of sp³-hybridized carbons (Fsp3) is 0.434. The number of piperidine rings is 1. The second kappa shape index (κ2) is 17.0. The van der Waals surface area contributed by atoms with Crippen LogP contribution in [0.5, 0.6) is 11.5 Å². The Morgan fingerprint density at radius 3 is 2.55 bits per heavy atom. The monoisotopic (exact) mass is 938 g/mol. The van der Waals surface area contributed by atoms with Crippen LogP contribution in [0.15, 0.2) is 47.3 Å². The van der Waals surface area contributed by atoms with E-state index in [1.54, 1.807) is 22.5 Å². The Labute approximate surface area is 397 Å². The molecule has 5 aliphatic heterocycles. The second-order valence-electron chi connectivity index (χ2n) is 20.0. The molecule has 5 aromatic rings. The molecular weight excluding hydrogens is 884 g/mol. The van der Waals surface area contributed by atoms with Crippen LogP contribution in [0.4, 0.5) is 9.18 Å². The third-order valence-corrected chi connectivity index (χ3v) is 15.8. The number of fused-ring (bicyclic) bond motifs is 7. The molecule has 3 aromatic carbocycles. The largest absolute Gasteiger partial charge is 0.508 e. The van der Waals surface area contributed by atoms with Crippen molar-refractivity contribution in [1.29, 1.82) is 0 Å². The molecule has 2 fully saturated rings. The van der Waals surface area contributed by atoms with Crippen LogP contribution in [0, 0.1) is 18.7 Å². The Hall–Kier alpha value is -6.81. The summed E-state index contributed by atoms with van der Waals surface area (Å²) in [4.78, 5) is 78.8. The molecule has 6 aliphatic rings. The molecule has 11 rings (SSSR count). The zero-order valence-corrected chi connectivity index (χ0v) is 39.2. The van der Waals surface area contributed by atoms with Gasteiger partial charge in [0, 0.05) is 61.8 Å². The lowest BCUT2D eigenvalue weighted by Crippen LogP contribution is -2.50. The van der Waals surface area contributed by atoms with Gasteiger partial charge in [-0.15, -0.1) is 0 Å². The van der Waals surface area contributed by atoms with E-state index in [4.69, 9.17) is 14.5 Å². The number of phenols is 2. The van der Waals surface area contributed by atoms with Crippen LogP contribution >= 0.6 is 0 Å². The van der Waals surface area contributed by atoms with Crippen molar-refractivity contribution in [2.75, 3.05) is 26.2 Å². The summed E-state index contributed by atoms with van der Waals surface area (Å²) in [5, 5.41) is 24.7. The number of carbonyl (C=O) groups is 4. The maximum Gasteiger partial charge on any atom is 0.408 e. The molecule has 2 saturated heterocycles. The van der Waals surface area contributed by atoms with Crippen LogP contribution in [-0.2, 0) is 58.3 Å². The summed E-state index contributed by atoms with van der Waals surface area (Å²) in [6.45, 7) is 10.7. The van der Waals surface area contributed by atoms with Crippen molar-refractivity contribution < 1.29 is 43.3 Å². The minimum Gasteiger partial charge on any atom is -0.508 e. The van der Waals surface area contributed by atoms with Crippen LogP contribution in [0.3, 0.4) is 0 Å². The Bertz CT molecular complexity index is 3110. The highest BCUT2D eigenvalue weighted by Crippen LogP contribution is 2.46. The van der Waals surface area contributed by atoms with E-state index < -0.39 is 24.7 Å². The van der Waals surface area contributed by atoms with Crippen LogP contribution in [0.25, 0.3) is 22.3 Å². The minimum absolute atomic E-state index is 0.0255. The standard InChI is InChI=1S/C53H55FN6O9/c1-5-32-35-16-42-49-37(22-60(42)51(65)38(35)24-68-52(32)66)48-40(9-8-33-27(4)39(54)17-41(55-49)47(33)48)56-53(67)69-25-46(63)59-13-11-29-10-12-57(23-43(29)59)19-28-6-7-30-20-58(21-31(30)14-28)50(64)36-15-34(26(2)3)44(61)18-45(36)62/h6-7,14-18,26,29,32,40,43,61-62H,5,8-13,19-25H2,1-4H3,(H,56,67)/t29?,32-,40+,43+/m1/s1. The maximum atomic E-state index is 15.4. The van der Waals surface area contributed by atoms with E-state index in [-0.39, 0.29) is 71.3 Å². The third-order valence-electron chi connectivity index (χ3n) is 15.8. The van der Waals surface area contributed by atoms with Gasteiger partial charge in [0.1, 0.15) is 23.9 Å². The molecule has 2 aromatic heterocycles. The zero-order valence-electron chi connectivity index (χ0n) is 39.2. The van der Waals surface area contributed by atoms with E-state index >= 15 is 4.39 Å². The summed E-state index contributed by atoms with van der Waals surface area (Å²) in [6.07, 6.45) is 2.41. The first-order chi connectivity index (χ1) is 33.2. The quantitative estimate of drug-likeness (QED) is 0.134. The first-order valence-corrected chi connectivity index (χ1v) is 24.2. The normalized spacial score (nSPS) is 21.2. The molecule has 0 radical (unpaired) electrons. The average molecular weight is 939 g/mol. The number of hydrogen-bond donors (Lipinski definition) is 3. The summed E-state index contributed by atoms with van der Waals surface area (Å²) < 4.78 is 28.1. The van der Waals surface area contributed by atoms with Crippen LogP contribution in [0.1, 0.15) is 130 Å². The highest BCUT2D eigenvalue weighted by Gasteiger charge is 2.42. The van der Waals surface area contributed by atoms with E-state index in [9.17, 15) is 34.2 Å². The number of nitrogens with one attached hydrogen (secondary N) is 1. The Morgan fingerprint density at radius 2 is 1.75 bits per heavy atom. The summed E-state index contributed by atoms with van der Waals surface area (Å²) in [5.41, 5.74) is 9.00. The van der Waals surface area contributed by atoms with E-state index in [0.29, 0.717) is 97.1 Å². The van der Waals surface area contributed by atoms with Crippen LogP contribution in [-0.4, -0.2) is 90.6 Å². The van der Waals surface area contributed by atoms with Crippen LogP contribution in [0.2, 0.25) is 0 Å². The van der Waals surface area contributed by atoms with Crippen molar-refractivity contribution in [3.8, 4) is 22.9 Å². The predicted molar refractivity (Wildman–Crippen MR) is 251 cm³/mol. The number of cyclic esters (lactones) is 1. The maximum absolute atomic E-state index is 15.4. The van der Waals surface area contributed by atoms with Gasteiger partial charge in [-0.3, -0.25) is 24.1 Å². The number of esters is 1. The number of ether oxygens (including phenoxy) is 2. The summed E-state index contributed by atoms with van der Waals surface area (Å²) >= 11 is 0. The molecular formula is C53H55FN6O9. The van der Waals surface area contributed by atoms with E-state index in [1.165, 1.54) is 12.1 Å². The van der Waals surface area contributed by atoms with Gasteiger partial charge in [0.25, 0.3) is 17.4 Å². The number of hydrogen-bond acceptors (Lipinski definition) is 11. The molecule has 1 unspecified atom stereocenters. The highest BCUT2D eigenvalue weighted by molar-refractivity contribution is 5.98. The molecule has 0 spiro atoms. The van der Waals surface area contributed by atoms with Gasteiger partial charge in [0.15, 0.2) is 6.61 Å². The second-order valence-corrected chi connectivity index (χ2v) is 20.0. The molecule has 15 nitrogen and oxygen atoms in total. The number of alkyl carbamates (subject to hydrolysis) is 1. The van der Waals surface area contributed by atoms with Gasteiger partial charge < -0.3 is 39.4 Å². The number of nitrogens with zero attached hydrogens (tertiary/aromatic N) is 5. The molecule has 7 heterocycles. The minimum atomic E-state index is -0.753. The lowest BCUT2D eigenvalue weighted by atomic mass is 9.81. The number of rotatable bonds is 8. The van der Waals surface area contributed by atoms with Crippen molar-refractivity contribution >= 4 is 34.8 Å². The topological polar surface area (TPSA) is 184 Å². The molecule has 3 N–H and O–H groups in total. The molecule has 3 amide bonds. The number of aromatic hydroxyl groups is 2. The zero-order chi connectivity index (χ0) is 48.2. The molecule has 1 aliphatic carbocycles. The number of pyridine rings is 2. The van der Waals surface area contributed by atoms with E-state index in [2.05, 4.69) is 28.4 Å². The predicted octanol–water partition coefficient (Wildman–Crippen LogP) is 6.95. The van der Waals surface area contributed by atoms with Crippen molar-refractivity contribution in [3.63, 3.8) is 0 Å². The highest BCUT2D eigenvalue weighted by atomic mass is 19.1. The molecule has 69 heavy (non-hydrogen) atoms. The number of aromatic nitrogens is 2. The SMILES string of the molecule is CC[C@H]1C(=O)OCc2c1cc1n(c2=O)Cc2c-1nc1cc(F)c(C)c3c1c2[C@@H](NC(=O)OCC(=O)N1CCC2CCN(Cc4ccc5c(c4)CN(C(=O)c4cc(C(C)C)c(O)cc4O)C5)C[C@@H]21)CC3. The van der Waals surface area contributed by atoms with Crippen molar-refractivity contribution in [2.45, 2.75) is 117 Å². The molecule has 4 atom stereocenters. The first-order valence-electron chi connectivity index (χ1n) is 24.2. The van der Waals surface area contributed by atoms with Gasteiger partial charge in [-0.05, 0) is 114 Å². The van der Waals surface area contributed by atoms with Gasteiger partial charge in [-0.25, -0.2) is 14.2 Å². The van der Waals surface area contributed by atoms with Crippen molar-refractivity contribution in [3.05, 3.63) is 120 Å². The molecule has 0 bridgehead atoms. The number of halogens is 1. The lowest BCUT2D eigenvalue weighted by molar-refractivity contribution is -0.148. The Morgan fingerprint density at radius 1 is 0.957 bits per heavy atom. The van der Waals surface area contributed by atoms with Gasteiger partial charge in [-0.2, -0.15) is 0 Å². The number of amides is 3. The van der Waals surface area contributed by atoms with Gasteiger partial charge in [-0.1, -0.05) is 39.0 Å². The fourth-order valence-corrected chi connectivity index (χ4v) is 12.1. The molecule has 16 heteroatoms. The average Bonchev–Trinajstić information content (AvgIpc) is 4.05. The van der Waals surface area contributed by atoms with Crippen LogP contribution < -0.4 is 10.9 Å². The number of phenolic OH excluding ortho intramolecular Hbond substituents is 2. The molecule has 0 saturated carbocycles. The number of aryl methyl sites for hydroxylation is 1. The summed E-state index contributed by atoms with van der Waals surface area (Å²) in [6, 6.07) is 11.7. The lowest BCUT2D eigenvalue weighted by Gasteiger charge is -2.38. The number of benzene rings is 3. The van der Waals surface area contributed by atoms with E-state index in [1.807, 2.05) is 31.7 Å². The Kier molecular flexibility index (Phi) is 11.0. The first kappa shape index (κ1) is 44.7. The van der Waals surface area contributed by atoms with Gasteiger partial charge in [0.05, 0.1) is 46.5 Å². The number of likely N-dealkylation sites (tertiary alicyclic amines) is 2. The third kappa shape index (κ3) is 7.49. The van der Waals surface area contributed by atoms with Crippen molar-refractivity contribution in [2.24, 2.45) is 5.92 Å². The molecule has 358 valence electrons.